The number of benzene rings is 1. The van der Waals surface area contributed by atoms with Gasteiger partial charge < -0.3 is 9.80 Å². The molecular weight excluding hydrogens is 334 g/mol. The van der Waals surface area contributed by atoms with E-state index in [9.17, 15) is 14.4 Å². The van der Waals surface area contributed by atoms with Crippen LogP contribution in [0.1, 0.15) is 13.8 Å². The average Bonchev–Trinajstić information content (AvgIpc) is 3.12. The number of carbonyl (C=O) groups excluding carboxylic acids is 3. The molecule has 3 aliphatic heterocycles. The van der Waals surface area contributed by atoms with Crippen molar-refractivity contribution < 1.29 is 14.4 Å². The molecule has 3 heterocycles. The lowest BCUT2D eigenvalue weighted by molar-refractivity contribution is -0.139. The van der Waals surface area contributed by atoms with E-state index in [1.807, 2.05) is 48.4 Å². The van der Waals surface area contributed by atoms with Crippen molar-refractivity contribution >= 4 is 29.4 Å². The van der Waals surface area contributed by atoms with Gasteiger partial charge in [0.2, 0.25) is 5.96 Å². The van der Waals surface area contributed by atoms with Gasteiger partial charge in [-0.3, -0.25) is 19.4 Å². The van der Waals surface area contributed by atoms with Crippen LogP contribution in [0, 0.1) is 0 Å². The third kappa shape index (κ3) is 2.22. The summed E-state index contributed by atoms with van der Waals surface area (Å²) in [5, 5.41) is 0. The number of aliphatic imine (C=N–C) groups is 1. The zero-order valence-electron chi connectivity index (χ0n) is 14.8. The molecule has 0 aromatic heterocycles. The fraction of sp³-hybridized carbons (Fsp3) is 0.333. The maximum absolute atomic E-state index is 13.0. The first-order chi connectivity index (χ1) is 12.4. The van der Waals surface area contributed by atoms with Crippen molar-refractivity contribution in [2.24, 2.45) is 4.99 Å². The summed E-state index contributed by atoms with van der Waals surface area (Å²) >= 11 is 0. The Morgan fingerprint density at radius 2 is 1.88 bits per heavy atom. The van der Waals surface area contributed by atoms with Crippen molar-refractivity contribution in [3.63, 3.8) is 0 Å². The van der Waals surface area contributed by atoms with Gasteiger partial charge in [0, 0.05) is 24.6 Å². The maximum atomic E-state index is 13.0. The van der Waals surface area contributed by atoms with E-state index in [0.717, 1.165) is 16.3 Å². The van der Waals surface area contributed by atoms with E-state index in [1.165, 1.54) is 11.8 Å². The lowest BCUT2D eigenvalue weighted by atomic mass is 10.1. The monoisotopic (exact) mass is 353 g/mol. The predicted octanol–water partition coefficient (Wildman–Crippen LogP) is 1.22. The molecule has 26 heavy (non-hydrogen) atoms. The van der Waals surface area contributed by atoms with E-state index in [0.29, 0.717) is 5.96 Å². The number of hydrogen-bond acceptors (Lipinski definition) is 6. The highest BCUT2D eigenvalue weighted by atomic mass is 16.2. The first kappa shape index (κ1) is 16.3. The summed E-state index contributed by atoms with van der Waals surface area (Å²) < 4.78 is 0. The van der Waals surface area contributed by atoms with E-state index < -0.39 is 24.1 Å². The van der Waals surface area contributed by atoms with Crippen LogP contribution in [-0.4, -0.2) is 64.2 Å². The topological polar surface area (TPSA) is 76.5 Å². The number of allylic oxidation sites excluding steroid dienone is 1. The average molecular weight is 353 g/mol. The van der Waals surface area contributed by atoms with Crippen molar-refractivity contribution in [3.05, 3.63) is 42.2 Å². The molecule has 2 atom stereocenters. The van der Waals surface area contributed by atoms with Crippen molar-refractivity contribution in [1.82, 2.24) is 14.7 Å². The molecule has 0 saturated carbocycles. The zero-order chi connectivity index (χ0) is 18.6. The Kier molecular flexibility index (Phi) is 3.57. The Morgan fingerprint density at radius 1 is 1.19 bits per heavy atom. The van der Waals surface area contributed by atoms with Crippen LogP contribution in [0.3, 0.4) is 0 Å². The largest absolute Gasteiger partial charge is 0.328 e. The standard InChI is InChI=1S/C18H19N5O3/c1-11-9-21-14-15(19-17(21)23(11)13-7-5-4-6-8-13)20(3)18(26)22(16(14)25)10-12(2)24/h4-9,14-15H,10H2,1-3H3. The third-order valence-electron chi connectivity index (χ3n) is 4.78. The number of anilines is 1. The Balaban J connectivity index is 1.72. The Bertz CT molecular complexity index is 863. The minimum absolute atomic E-state index is 0.223. The summed E-state index contributed by atoms with van der Waals surface area (Å²) in [6.07, 6.45) is 1.26. The number of nitrogens with zero attached hydrogens (tertiary/aromatic N) is 5. The van der Waals surface area contributed by atoms with Crippen LogP contribution in [-0.2, 0) is 9.59 Å². The van der Waals surface area contributed by atoms with Crippen molar-refractivity contribution in [3.8, 4) is 0 Å². The number of guanidine groups is 1. The molecule has 8 heteroatoms. The van der Waals surface area contributed by atoms with Crippen LogP contribution in [0.15, 0.2) is 47.2 Å². The van der Waals surface area contributed by atoms with Gasteiger partial charge in [0.1, 0.15) is 5.78 Å². The van der Waals surface area contributed by atoms with E-state index in [4.69, 9.17) is 0 Å². The van der Waals surface area contributed by atoms with Crippen LogP contribution in [0.4, 0.5) is 10.5 Å². The van der Waals surface area contributed by atoms with E-state index in [2.05, 4.69) is 4.99 Å². The zero-order valence-corrected chi connectivity index (χ0v) is 14.8. The number of para-hydroxylation sites is 1. The van der Waals surface area contributed by atoms with Gasteiger partial charge >= 0.3 is 6.03 Å². The number of ketones is 1. The number of carbonyl (C=O) groups is 3. The van der Waals surface area contributed by atoms with Gasteiger partial charge in [-0.05, 0) is 26.0 Å². The predicted molar refractivity (Wildman–Crippen MR) is 95.1 cm³/mol. The molecule has 1 aromatic carbocycles. The first-order valence-electron chi connectivity index (χ1n) is 8.37. The summed E-state index contributed by atoms with van der Waals surface area (Å²) in [5.41, 5.74) is 1.86. The number of hydrogen-bond donors (Lipinski definition) is 0. The highest BCUT2D eigenvalue weighted by Crippen LogP contribution is 2.36. The van der Waals surface area contributed by atoms with Crippen LogP contribution < -0.4 is 4.90 Å². The minimum atomic E-state index is -0.657. The minimum Gasteiger partial charge on any atom is -0.302 e. The molecule has 1 fully saturated rings. The lowest BCUT2D eigenvalue weighted by Gasteiger charge is -2.39. The van der Waals surface area contributed by atoms with Gasteiger partial charge in [-0.1, -0.05) is 18.2 Å². The van der Waals surface area contributed by atoms with Gasteiger partial charge in [-0.25, -0.2) is 9.79 Å². The van der Waals surface area contributed by atoms with E-state index in [-0.39, 0.29) is 12.3 Å². The van der Waals surface area contributed by atoms with Gasteiger partial charge in [-0.2, -0.15) is 0 Å². The van der Waals surface area contributed by atoms with Crippen molar-refractivity contribution in [2.75, 3.05) is 18.5 Å². The second kappa shape index (κ2) is 5.69. The van der Waals surface area contributed by atoms with Crippen molar-refractivity contribution in [2.45, 2.75) is 26.1 Å². The number of likely N-dealkylation sites (N-methyl/N-ethyl adjacent to an activating group) is 1. The molecule has 0 radical (unpaired) electrons. The molecule has 0 N–H and O–H groups in total. The number of rotatable bonds is 3. The van der Waals surface area contributed by atoms with Crippen LogP contribution >= 0.6 is 0 Å². The highest BCUT2D eigenvalue weighted by Gasteiger charge is 2.54. The van der Waals surface area contributed by atoms with Crippen LogP contribution in [0.25, 0.3) is 0 Å². The molecule has 134 valence electrons. The van der Waals surface area contributed by atoms with E-state index >= 15 is 0 Å². The summed E-state index contributed by atoms with van der Waals surface area (Å²) in [6.45, 7) is 3.08. The Labute approximate surface area is 151 Å². The van der Waals surface area contributed by atoms with Crippen LogP contribution in [0.5, 0.6) is 0 Å². The summed E-state index contributed by atoms with van der Waals surface area (Å²) in [7, 11) is 1.61. The smallest absolute Gasteiger partial charge is 0.302 e. The molecule has 1 aromatic rings. The molecule has 1 saturated heterocycles. The molecule has 0 bridgehead atoms. The van der Waals surface area contributed by atoms with Gasteiger partial charge in [0.25, 0.3) is 5.91 Å². The summed E-state index contributed by atoms with van der Waals surface area (Å²) in [6, 6.07) is 8.57. The fourth-order valence-corrected chi connectivity index (χ4v) is 3.62. The normalized spacial score (nSPS) is 24.6. The number of fused-ring (bicyclic) bond motifs is 3. The third-order valence-corrected chi connectivity index (χ3v) is 4.78. The molecular formula is C18H19N5O3. The molecule has 2 unspecified atom stereocenters. The summed E-state index contributed by atoms with van der Waals surface area (Å²) in [4.78, 5) is 47.8. The SMILES string of the molecule is CC(=O)CN1C(=O)C2C(N=C3N(c4ccccc4)C(C)=CN32)N(C)C1=O. The van der Waals surface area contributed by atoms with E-state index in [1.54, 1.807) is 11.9 Å². The number of Topliss-reactive ketones (excluding diaryl/α,β-unsaturated/α-hetero) is 1. The lowest BCUT2D eigenvalue weighted by Crippen LogP contribution is -2.64. The number of amides is 3. The first-order valence-corrected chi connectivity index (χ1v) is 8.37. The maximum Gasteiger partial charge on any atom is 0.328 e. The quantitative estimate of drug-likeness (QED) is 0.817. The molecule has 0 aliphatic carbocycles. The summed E-state index contributed by atoms with van der Waals surface area (Å²) in [5.74, 6) is -0.0240. The molecule has 3 aliphatic rings. The number of urea groups is 1. The Hall–Kier alpha value is -3.16. The van der Waals surface area contributed by atoms with Gasteiger partial charge in [-0.15, -0.1) is 0 Å². The molecule has 3 amide bonds. The Morgan fingerprint density at radius 3 is 2.54 bits per heavy atom. The number of imide groups is 1. The highest BCUT2D eigenvalue weighted by molar-refractivity contribution is 6.10. The van der Waals surface area contributed by atoms with Gasteiger partial charge in [0.15, 0.2) is 12.2 Å². The molecule has 8 nitrogen and oxygen atoms in total. The second-order valence-electron chi connectivity index (χ2n) is 6.66. The van der Waals surface area contributed by atoms with Crippen molar-refractivity contribution in [1.29, 1.82) is 0 Å². The van der Waals surface area contributed by atoms with Crippen LogP contribution in [0.2, 0.25) is 0 Å². The van der Waals surface area contributed by atoms with Gasteiger partial charge in [0.05, 0.1) is 6.54 Å². The second-order valence-corrected chi connectivity index (χ2v) is 6.66. The molecule has 4 rings (SSSR count). The fourth-order valence-electron chi connectivity index (χ4n) is 3.62. The molecule has 0 spiro atoms.